The number of rotatable bonds is 6. The average Bonchev–Trinajstić information content (AvgIpc) is 2.84. The number of nitriles is 1. The lowest BCUT2D eigenvalue weighted by Gasteiger charge is -2.32. The van der Waals surface area contributed by atoms with Gasteiger partial charge in [-0.1, -0.05) is 24.3 Å². The van der Waals surface area contributed by atoms with Crippen molar-refractivity contribution in [2.45, 2.75) is 32.3 Å². The fourth-order valence-electron chi connectivity index (χ4n) is 4.05. The Morgan fingerprint density at radius 3 is 2.67 bits per heavy atom. The third kappa shape index (κ3) is 5.54. The molecule has 1 aliphatic heterocycles. The van der Waals surface area contributed by atoms with Gasteiger partial charge < -0.3 is 15.3 Å². The predicted octanol–water partition coefficient (Wildman–Crippen LogP) is 3.26. The summed E-state index contributed by atoms with van der Waals surface area (Å²) in [5, 5.41) is 21.1. The van der Waals surface area contributed by atoms with E-state index in [2.05, 4.69) is 39.5 Å². The zero-order chi connectivity index (χ0) is 23.2. The quantitative estimate of drug-likeness (QED) is 0.570. The average molecular weight is 442 g/mol. The van der Waals surface area contributed by atoms with E-state index in [9.17, 15) is 9.90 Å². The number of β-amino-alcohol motifs (C(OH)–C–C–N with tert-alkyl or cyclic N) is 1. The maximum Gasteiger partial charge on any atom is 0.252 e. The SMILES string of the molecule is Cc1cnc(Cc2ccc(N3CCCC(O)C3)cc2)nc1-c1ccc(C(=O)NCC#N)cc1. The summed E-state index contributed by atoms with van der Waals surface area (Å²) < 4.78 is 0. The second kappa shape index (κ2) is 10.2. The first kappa shape index (κ1) is 22.4. The lowest BCUT2D eigenvalue weighted by atomic mass is 10.0. The lowest BCUT2D eigenvalue weighted by molar-refractivity contribution is 0.0958. The van der Waals surface area contributed by atoms with E-state index < -0.39 is 0 Å². The van der Waals surface area contributed by atoms with Crippen LogP contribution in [0.2, 0.25) is 0 Å². The third-order valence-corrected chi connectivity index (χ3v) is 5.83. The largest absolute Gasteiger partial charge is 0.391 e. The lowest BCUT2D eigenvalue weighted by Crippen LogP contribution is -2.38. The molecule has 33 heavy (non-hydrogen) atoms. The Morgan fingerprint density at radius 2 is 1.97 bits per heavy atom. The first-order valence-corrected chi connectivity index (χ1v) is 11.1. The van der Waals surface area contributed by atoms with E-state index in [-0.39, 0.29) is 18.6 Å². The van der Waals surface area contributed by atoms with Crippen molar-refractivity contribution in [3.63, 3.8) is 0 Å². The molecule has 0 saturated carbocycles. The van der Waals surface area contributed by atoms with Gasteiger partial charge in [-0.3, -0.25) is 4.79 Å². The Kier molecular flexibility index (Phi) is 6.96. The Morgan fingerprint density at radius 1 is 1.21 bits per heavy atom. The van der Waals surface area contributed by atoms with E-state index in [0.29, 0.717) is 18.5 Å². The molecule has 4 rings (SSSR count). The number of aliphatic hydroxyl groups excluding tert-OH is 1. The van der Waals surface area contributed by atoms with Gasteiger partial charge in [-0.15, -0.1) is 0 Å². The fraction of sp³-hybridized carbons (Fsp3) is 0.308. The molecule has 7 heteroatoms. The molecule has 3 aromatic rings. The molecule has 0 spiro atoms. The summed E-state index contributed by atoms with van der Waals surface area (Å²) in [5.74, 6) is 0.457. The number of nitrogens with zero attached hydrogens (tertiary/aromatic N) is 4. The molecule has 2 N–H and O–H groups in total. The zero-order valence-electron chi connectivity index (χ0n) is 18.7. The Labute approximate surface area is 193 Å². The zero-order valence-corrected chi connectivity index (χ0v) is 18.7. The number of nitrogens with one attached hydrogen (secondary N) is 1. The summed E-state index contributed by atoms with van der Waals surface area (Å²) in [6.07, 6.45) is 4.08. The number of aryl methyl sites for hydroxylation is 1. The van der Waals surface area contributed by atoms with Gasteiger partial charge in [0, 0.05) is 42.5 Å². The molecule has 1 aliphatic rings. The van der Waals surface area contributed by atoms with Crippen molar-refractivity contribution in [3.05, 3.63) is 77.2 Å². The van der Waals surface area contributed by atoms with Crippen LogP contribution in [0.1, 0.15) is 40.2 Å². The minimum atomic E-state index is -0.272. The number of carbonyl (C=O) groups is 1. The summed E-state index contributed by atoms with van der Waals surface area (Å²) in [6.45, 7) is 3.60. The smallest absolute Gasteiger partial charge is 0.252 e. The highest BCUT2D eigenvalue weighted by atomic mass is 16.3. The second-order valence-electron chi connectivity index (χ2n) is 8.32. The monoisotopic (exact) mass is 441 g/mol. The summed E-state index contributed by atoms with van der Waals surface area (Å²) in [4.78, 5) is 23.5. The van der Waals surface area contributed by atoms with E-state index in [4.69, 9.17) is 10.2 Å². The fourth-order valence-corrected chi connectivity index (χ4v) is 4.05. The highest BCUT2D eigenvalue weighted by Gasteiger charge is 2.18. The summed E-state index contributed by atoms with van der Waals surface area (Å²) >= 11 is 0. The number of benzene rings is 2. The summed E-state index contributed by atoms with van der Waals surface area (Å²) in [6, 6.07) is 17.5. The van der Waals surface area contributed by atoms with Gasteiger partial charge in [0.25, 0.3) is 5.91 Å². The van der Waals surface area contributed by atoms with Crippen LogP contribution in [-0.2, 0) is 6.42 Å². The molecule has 1 saturated heterocycles. The molecule has 7 nitrogen and oxygen atoms in total. The van der Waals surface area contributed by atoms with Crippen molar-refractivity contribution in [3.8, 4) is 17.3 Å². The topological polar surface area (TPSA) is 102 Å². The van der Waals surface area contributed by atoms with E-state index in [1.165, 1.54) is 0 Å². The third-order valence-electron chi connectivity index (χ3n) is 5.83. The molecule has 1 atom stereocenters. The van der Waals surface area contributed by atoms with Gasteiger partial charge in [0.15, 0.2) is 0 Å². The Balaban J connectivity index is 1.47. The van der Waals surface area contributed by atoms with Crippen LogP contribution in [0.5, 0.6) is 0 Å². The first-order valence-electron chi connectivity index (χ1n) is 11.1. The maximum atomic E-state index is 12.0. The highest BCUT2D eigenvalue weighted by molar-refractivity contribution is 5.94. The highest BCUT2D eigenvalue weighted by Crippen LogP contribution is 2.24. The van der Waals surface area contributed by atoms with Gasteiger partial charge >= 0.3 is 0 Å². The van der Waals surface area contributed by atoms with E-state index >= 15 is 0 Å². The minimum absolute atomic E-state index is 0.0179. The van der Waals surface area contributed by atoms with Gasteiger partial charge in [0.05, 0.1) is 17.9 Å². The van der Waals surface area contributed by atoms with Crippen LogP contribution in [-0.4, -0.2) is 46.7 Å². The molecule has 2 aromatic carbocycles. The minimum Gasteiger partial charge on any atom is -0.391 e. The molecule has 1 fully saturated rings. The van der Waals surface area contributed by atoms with Gasteiger partial charge in [0.2, 0.25) is 0 Å². The number of hydrogen-bond acceptors (Lipinski definition) is 6. The molecular formula is C26H27N5O2. The molecule has 1 amide bonds. The maximum absolute atomic E-state index is 12.0. The van der Waals surface area contributed by atoms with Crippen molar-refractivity contribution in [1.82, 2.24) is 15.3 Å². The number of hydrogen-bond donors (Lipinski definition) is 2. The second-order valence-corrected chi connectivity index (χ2v) is 8.32. The normalized spacial score (nSPS) is 15.7. The van der Waals surface area contributed by atoms with Crippen LogP contribution in [0.4, 0.5) is 5.69 Å². The van der Waals surface area contributed by atoms with Crippen molar-refractivity contribution < 1.29 is 9.90 Å². The van der Waals surface area contributed by atoms with Crippen LogP contribution in [0.25, 0.3) is 11.3 Å². The van der Waals surface area contributed by atoms with Crippen molar-refractivity contribution >= 4 is 11.6 Å². The van der Waals surface area contributed by atoms with Crippen molar-refractivity contribution in [1.29, 1.82) is 5.26 Å². The molecular weight excluding hydrogens is 414 g/mol. The number of carbonyl (C=O) groups excluding carboxylic acids is 1. The van der Waals surface area contributed by atoms with Crippen molar-refractivity contribution in [2.75, 3.05) is 24.5 Å². The standard InChI is InChI=1S/C26H27N5O2/c1-18-16-29-24(15-19-4-10-22(11-5-19)31-14-2-3-23(32)17-31)30-25(18)20-6-8-21(9-7-20)26(33)28-13-12-27/h4-11,16,23,32H,2-3,13-15,17H2,1H3,(H,28,33). The molecule has 0 aliphatic carbocycles. The van der Waals surface area contributed by atoms with E-state index in [0.717, 1.165) is 53.3 Å². The molecule has 168 valence electrons. The number of anilines is 1. The molecule has 0 radical (unpaired) electrons. The van der Waals surface area contributed by atoms with Crippen LogP contribution < -0.4 is 10.2 Å². The van der Waals surface area contributed by atoms with Gasteiger partial charge in [0.1, 0.15) is 12.4 Å². The Hall–Kier alpha value is -3.76. The van der Waals surface area contributed by atoms with Crippen LogP contribution >= 0.6 is 0 Å². The molecule has 2 heterocycles. The molecule has 1 aromatic heterocycles. The van der Waals surface area contributed by atoms with Crippen LogP contribution in [0.15, 0.2) is 54.7 Å². The molecule has 1 unspecified atom stereocenters. The molecule has 0 bridgehead atoms. The van der Waals surface area contributed by atoms with E-state index in [1.54, 1.807) is 12.1 Å². The number of aliphatic hydroxyl groups is 1. The van der Waals surface area contributed by atoms with E-state index in [1.807, 2.05) is 31.3 Å². The summed E-state index contributed by atoms with van der Waals surface area (Å²) in [5.41, 5.74) is 5.45. The number of aromatic nitrogens is 2. The summed E-state index contributed by atoms with van der Waals surface area (Å²) in [7, 11) is 0. The van der Waals surface area contributed by atoms with Crippen LogP contribution in [0.3, 0.4) is 0 Å². The van der Waals surface area contributed by atoms with Gasteiger partial charge in [-0.2, -0.15) is 5.26 Å². The Bertz CT molecular complexity index is 1150. The predicted molar refractivity (Wildman–Crippen MR) is 127 cm³/mol. The number of amides is 1. The van der Waals surface area contributed by atoms with Crippen molar-refractivity contribution in [2.24, 2.45) is 0 Å². The van der Waals surface area contributed by atoms with Crippen LogP contribution in [0, 0.1) is 18.3 Å². The van der Waals surface area contributed by atoms with Gasteiger partial charge in [-0.05, 0) is 55.2 Å². The van der Waals surface area contributed by atoms with Gasteiger partial charge in [-0.25, -0.2) is 9.97 Å². The number of piperidine rings is 1. The first-order chi connectivity index (χ1) is 16.0.